The zero-order chi connectivity index (χ0) is 14.5. The summed E-state index contributed by atoms with van der Waals surface area (Å²) < 4.78 is 0. The van der Waals surface area contributed by atoms with E-state index in [9.17, 15) is 9.90 Å². The van der Waals surface area contributed by atoms with E-state index in [4.69, 9.17) is 5.21 Å². The third kappa shape index (κ3) is 11.7. The van der Waals surface area contributed by atoms with Gasteiger partial charge in [-0.05, 0) is 19.3 Å². The van der Waals surface area contributed by atoms with Gasteiger partial charge >= 0.3 is 6.03 Å². The number of rotatable bonds is 11. The molecule has 5 heteroatoms. The molecule has 0 saturated carbocycles. The zero-order valence-corrected chi connectivity index (χ0v) is 12.0. The fourth-order valence-electron chi connectivity index (χ4n) is 1.80. The summed E-state index contributed by atoms with van der Waals surface area (Å²) in [5.41, 5.74) is 0. The zero-order valence-electron chi connectivity index (χ0n) is 12.0. The maximum atomic E-state index is 11.0. The quantitative estimate of drug-likeness (QED) is 0.234. The molecule has 0 aromatic carbocycles. The molecule has 19 heavy (non-hydrogen) atoms. The largest absolute Gasteiger partial charge is 0.391 e. The highest BCUT2D eigenvalue weighted by atomic mass is 16.5. The second-order valence-corrected chi connectivity index (χ2v) is 4.85. The molecule has 0 aromatic heterocycles. The predicted octanol–water partition coefficient (Wildman–Crippen LogP) is 2.68. The van der Waals surface area contributed by atoms with E-state index >= 15 is 0 Å². The summed E-state index contributed by atoms with van der Waals surface area (Å²) in [5, 5.41) is 21.3. The first-order valence-corrected chi connectivity index (χ1v) is 7.07. The van der Waals surface area contributed by atoms with E-state index in [1.165, 1.54) is 32.7 Å². The van der Waals surface area contributed by atoms with Gasteiger partial charge in [-0.3, -0.25) is 5.21 Å². The van der Waals surface area contributed by atoms with Gasteiger partial charge in [0.15, 0.2) is 0 Å². The molecule has 0 heterocycles. The summed E-state index contributed by atoms with van der Waals surface area (Å²) >= 11 is 0. The van der Waals surface area contributed by atoms with Crippen molar-refractivity contribution in [2.45, 2.75) is 57.5 Å². The lowest BCUT2D eigenvalue weighted by molar-refractivity contribution is -0.0193. The summed E-state index contributed by atoms with van der Waals surface area (Å²) in [5.74, 6) is 0. The van der Waals surface area contributed by atoms with Crippen LogP contribution in [-0.2, 0) is 0 Å². The average Bonchev–Trinajstić information content (AvgIpc) is 2.38. The number of hydrogen-bond acceptors (Lipinski definition) is 3. The Balaban J connectivity index is 3.31. The van der Waals surface area contributed by atoms with Crippen molar-refractivity contribution >= 4 is 6.03 Å². The smallest absolute Gasteiger partial charge is 0.340 e. The molecular weight excluding hydrogens is 244 g/mol. The highest BCUT2D eigenvalue weighted by Gasteiger charge is 2.08. The molecule has 112 valence electrons. The van der Waals surface area contributed by atoms with Crippen LogP contribution >= 0.6 is 0 Å². The van der Waals surface area contributed by atoms with E-state index in [2.05, 4.69) is 11.9 Å². The van der Waals surface area contributed by atoms with Crippen molar-refractivity contribution in [2.24, 2.45) is 0 Å². The van der Waals surface area contributed by atoms with Gasteiger partial charge in [-0.2, -0.15) is 0 Å². The van der Waals surface area contributed by atoms with Crippen LogP contribution in [0, 0.1) is 0 Å². The van der Waals surface area contributed by atoms with E-state index < -0.39 is 12.1 Å². The summed E-state index contributed by atoms with van der Waals surface area (Å²) in [6, 6.07) is -0.596. The molecule has 0 aliphatic carbocycles. The summed E-state index contributed by atoms with van der Waals surface area (Å²) in [4.78, 5) is 11.0. The Hall–Kier alpha value is -1.07. The molecule has 1 unspecified atom stereocenters. The van der Waals surface area contributed by atoms with E-state index in [0.717, 1.165) is 19.3 Å². The molecule has 0 spiro atoms. The maximum Gasteiger partial charge on any atom is 0.340 e. The molecule has 0 saturated heterocycles. The molecule has 0 aromatic rings. The van der Waals surface area contributed by atoms with Gasteiger partial charge in [0.25, 0.3) is 0 Å². The number of nitrogens with one attached hydrogen (secondary N) is 1. The van der Waals surface area contributed by atoms with Crippen LogP contribution in [0.2, 0.25) is 0 Å². The summed E-state index contributed by atoms with van der Waals surface area (Å²) in [7, 11) is 1.24. The molecule has 0 fully saturated rings. The number of unbranched alkanes of at least 4 members (excludes halogenated alkanes) is 6. The Kier molecular flexibility index (Phi) is 11.3. The van der Waals surface area contributed by atoms with Gasteiger partial charge < -0.3 is 10.4 Å². The predicted molar refractivity (Wildman–Crippen MR) is 76.1 cm³/mol. The first kappa shape index (κ1) is 17.9. The molecule has 0 rings (SSSR count). The highest BCUT2D eigenvalue weighted by Crippen LogP contribution is 2.09. The SMILES string of the molecule is C=CCCCCCCCCC(O)CNC(=O)N(C)O. The standard InChI is InChI=1S/C14H28N2O3/c1-3-4-5-6-7-8-9-10-11-13(17)12-15-14(18)16(2)19/h3,13,17,19H,1,4-12H2,2H3,(H,15,18). The lowest BCUT2D eigenvalue weighted by atomic mass is 10.1. The normalized spacial score (nSPS) is 11.9. The molecule has 0 aliphatic heterocycles. The van der Waals surface area contributed by atoms with Gasteiger partial charge in [0.05, 0.1) is 6.10 Å². The van der Waals surface area contributed by atoms with Crippen LogP contribution in [0.3, 0.4) is 0 Å². The number of hydrogen-bond donors (Lipinski definition) is 3. The van der Waals surface area contributed by atoms with Crippen LogP contribution in [0.1, 0.15) is 51.4 Å². The lowest BCUT2D eigenvalue weighted by Gasteiger charge is -2.14. The Morgan fingerprint density at radius 1 is 1.26 bits per heavy atom. The van der Waals surface area contributed by atoms with Crippen molar-refractivity contribution in [3.05, 3.63) is 12.7 Å². The van der Waals surface area contributed by atoms with Crippen molar-refractivity contribution in [1.29, 1.82) is 0 Å². The molecule has 3 N–H and O–H groups in total. The highest BCUT2D eigenvalue weighted by molar-refractivity contribution is 5.72. The van der Waals surface area contributed by atoms with Crippen LogP contribution < -0.4 is 5.32 Å². The van der Waals surface area contributed by atoms with Crippen LogP contribution in [0.25, 0.3) is 0 Å². The minimum Gasteiger partial charge on any atom is -0.391 e. The molecule has 1 atom stereocenters. The van der Waals surface area contributed by atoms with Crippen LogP contribution in [0.4, 0.5) is 4.79 Å². The fourth-order valence-corrected chi connectivity index (χ4v) is 1.80. The minimum absolute atomic E-state index is 0.184. The van der Waals surface area contributed by atoms with Crippen molar-refractivity contribution in [2.75, 3.05) is 13.6 Å². The first-order valence-electron chi connectivity index (χ1n) is 7.07. The lowest BCUT2D eigenvalue weighted by Crippen LogP contribution is -2.39. The maximum absolute atomic E-state index is 11.0. The van der Waals surface area contributed by atoms with Gasteiger partial charge in [0.1, 0.15) is 0 Å². The second kappa shape index (κ2) is 12.0. The Bertz CT molecular complexity index is 245. The summed E-state index contributed by atoms with van der Waals surface area (Å²) in [6.45, 7) is 3.88. The van der Waals surface area contributed by atoms with E-state index in [-0.39, 0.29) is 6.54 Å². The third-order valence-electron chi connectivity index (χ3n) is 2.98. The molecule has 2 amide bonds. The second-order valence-electron chi connectivity index (χ2n) is 4.85. The van der Waals surface area contributed by atoms with Crippen molar-refractivity contribution in [3.63, 3.8) is 0 Å². The van der Waals surface area contributed by atoms with Crippen molar-refractivity contribution in [1.82, 2.24) is 10.4 Å². The van der Waals surface area contributed by atoms with Gasteiger partial charge in [0, 0.05) is 13.6 Å². The number of hydroxylamine groups is 2. The van der Waals surface area contributed by atoms with Crippen LogP contribution in [-0.4, -0.2) is 41.1 Å². The first-order chi connectivity index (χ1) is 9.07. The van der Waals surface area contributed by atoms with E-state index in [1.54, 1.807) is 0 Å². The molecule has 5 nitrogen and oxygen atoms in total. The van der Waals surface area contributed by atoms with E-state index in [0.29, 0.717) is 11.5 Å². The average molecular weight is 272 g/mol. The Morgan fingerprint density at radius 3 is 2.42 bits per heavy atom. The Labute approximate surface area is 116 Å². The number of carbonyl (C=O) groups is 1. The number of allylic oxidation sites excluding steroid dienone is 1. The monoisotopic (exact) mass is 272 g/mol. The van der Waals surface area contributed by atoms with Crippen LogP contribution in [0.5, 0.6) is 0 Å². The number of aliphatic hydroxyl groups excluding tert-OH is 1. The van der Waals surface area contributed by atoms with Gasteiger partial charge in [-0.25, -0.2) is 9.86 Å². The summed E-state index contributed by atoms with van der Waals surface area (Å²) in [6.07, 6.45) is 10.1. The fraction of sp³-hybridized carbons (Fsp3) is 0.786. The number of urea groups is 1. The van der Waals surface area contributed by atoms with Crippen molar-refractivity contribution < 1.29 is 15.1 Å². The topological polar surface area (TPSA) is 72.8 Å². The Morgan fingerprint density at radius 2 is 1.84 bits per heavy atom. The van der Waals surface area contributed by atoms with Gasteiger partial charge in [-0.15, -0.1) is 6.58 Å². The van der Waals surface area contributed by atoms with Crippen LogP contribution in [0.15, 0.2) is 12.7 Å². The van der Waals surface area contributed by atoms with Gasteiger partial charge in [-0.1, -0.05) is 38.2 Å². The number of amides is 2. The molecule has 0 bridgehead atoms. The molecule has 0 radical (unpaired) electrons. The number of carbonyl (C=O) groups excluding carboxylic acids is 1. The molecular formula is C14H28N2O3. The van der Waals surface area contributed by atoms with Crippen molar-refractivity contribution in [3.8, 4) is 0 Å². The van der Waals surface area contributed by atoms with Gasteiger partial charge in [0.2, 0.25) is 0 Å². The third-order valence-corrected chi connectivity index (χ3v) is 2.98. The van der Waals surface area contributed by atoms with E-state index in [1.807, 2.05) is 6.08 Å². The number of nitrogens with zero attached hydrogens (tertiary/aromatic N) is 1. The molecule has 0 aliphatic rings. The minimum atomic E-state index is -0.596. The number of aliphatic hydroxyl groups is 1.